The van der Waals surface area contributed by atoms with Gasteiger partial charge >= 0.3 is 0 Å². The summed E-state index contributed by atoms with van der Waals surface area (Å²) in [6.07, 6.45) is 0. The van der Waals surface area contributed by atoms with Crippen molar-refractivity contribution in [2.75, 3.05) is 37.7 Å². The van der Waals surface area contributed by atoms with Crippen LogP contribution in [0.25, 0.3) is 0 Å². The van der Waals surface area contributed by atoms with Gasteiger partial charge in [0, 0.05) is 32.2 Å². The van der Waals surface area contributed by atoms with Gasteiger partial charge in [-0.3, -0.25) is 0 Å². The highest BCUT2D eigenvalue weighted by Crippen LogP contribution is 2.09. The van der Waals surface area contributed by atoms with Gasteiger partial charge < -0.3 is 5.32 Å². The first-order valence-electron chi connectivity index (χ1n) is 5.96. The zero-order chi connectivity index (χ0) is 13.8. The van der Waals surface area contributed by atoms with E-state index < -0.39 is 20.0 Å². The molecular formula is C9H22ClN3O4S2. The molecule has 1 aliphatic rings. The lowest BCUT2D eigenvalue weighted by Crippen LogP contribution is -2.53. The van der Waals surface area contributed by atoms with Crippen molar-refractivity contribution in [2.24, 2.45) is 0 Å². The highest BCUT2D eigenvalue weighted by Gasteiger charge is 2.29. The predicted molar refractivity (Wildman–Crippen MR) is 77.5 cm³/mol. The fourth-order valence-electron chi connectivity index (χ4n) is 1.78. The first kappa shape index (κ1) is 19.1. The number of piperazine rings is 1. The molecule has 0 aromatic heterocycles. The summed E-state index contributed by atoms with van der Waals surface area (Å²) in [4.78, 5) is 0. The fraction of sp³-hybridized carbons (Fsp3) is 1.00. The highest BCUT2D eigenvalue weighted by molar-refractivity contribution is 7.90. The van der Waals surface area contributed by atoms with Crippen LogP contribution in [0.3, 0.4) is 0 Å². The molecule has 1 saturated heterocycles. The Hall–Kier alpha value is 0.0700. The van der Waals surface area contributed by atoms with Crippen molar-refractivity contribution in [3.05, 3.63) is 0 Å². The van der Waals surface area contributed by atoms with Crippen molar-refractivity contribution in [3.8, 4) is 0 Å². The molecule has 1 unspecified atom stereocenters. The van der Waals surface area contributed by atoms with Crippen LogP contribution in [0.2, 0.25) is 0 Å². The molecule has 19 heavy (non-hydrogen) atoms. The molecule has 0 radical (unpaired) electrons. The SMILES string of the molecule is CCS(=O)(=O)NCCS(=O)(=O)N1CCNCC1C.Cl. The summed E-state index contributed by atoms with van der Waals surface area (Å²) < 4.78 is 50.2. The van der Waals surface area contributed by atoms with Crippen LogP contribution in [0, 0.1) is 0 Å². The number of hydrogen-bond donors (Lipinski definition) is 2. The third kappa shape index (κ3) is 5.92. The number of hydrogen-bond acceptors (Lipinski definition) is 5. The summed E-state index contributed by atoms with van der Waals surface area (Å²) in [6.45, 7) is 4.96. The van der Waals surface area contributed by atoms with E-state index in [1.165, 1.54) is 11.2 Å². The molecule has 7 nitrogen and oxygen atoms in total. The number of sulfonamides is 2. The van der Waals surface area contributed by atoms with Crippen molar-refractivity contribution in [1.82, 2.24) is 14.3 Å². The number of nitrogens with zero attached hydrogens (tertiary/aromatic N) is 1. The third-order valence-corrected chi connectivity index (χ3v) is 6.24. The smallest absolute Gasteiger partial charge is 0.215 e. The van der Waals surface area contributed by atoms with E-state index in [2.05, 4.69) is 10.0 Å². The Morgan fingerprint density at radius 1 is 1.32 bits per heavy atom. The topological polar surface area (TPSA) is 95.6 Å². The maximum absolute atomic E-state index is 12.0. The molecule has 0 bridgehead atoms. The van der Waals surface area contributed by atoms with E-state index in [0.29, 0.717) is 19.6 Å². The first-order chi connectivity index (χ1) is 8.28. The minimum atomic E-state index is -3.40. The van der Waals surface area contributed by atoms with Crippen molar-refractivity contribution in [1.29, 1.82) is 0 Å². The number of nitrogens with one attached hydrogen (secondary N) is 2. The molecule has 1 atom stereocenters. The van der Waals surface area contributed by atoms with Gasteiger partial charge in [0.1, 0.15) is 0 Å². The monoisotopic (exact) mass is 335 g/mol. The molecule has 0 aliphatic carbocycles. The van der Waals surface area contributed by atoms with Crippen LogP contribution in [0.15, 0.2) is 0 Å². The lowest BCUT2D eigenvalue weighted by atomic mass is 10.3. The zero-order valence-electron chi connectivity index (χ0n) is 11.1. The summed E-state index contributed by atoms with van der Waals surface area (Å²) in [5.74, 6) is -0.242. The van der Waals surface area contributed by atoms with Crippen LogP contribution in [-0.2, 0) is 20.0 Å². The Bertz CT molecular complexity index is 466. The summed E-state index contributed by atoms with van der Waals surface area (Å²) in [5, 5.41) is 3.11. The van der Waals surface area contributed by atoms with Gasteiger partial charge in [-0.05, 0) is 13.8 Å². The molecule has 10 heteroatoms. The van der Waals surface area contributed by atoms with Crippen molar-refractivity contribution in [2.45, 2.75) is 19.9 Å². The minimum absolute atomic E-state index is 0. The second-order valence-electron chi connectivity index (χ2n) is 4.28. The molecule has 0 saturated carbocycles. The van der Waals surface area contributed by atoms with Crippen LogP contribution in [0.1, 0.15) is 13.8 Å². The Kier molecular flexibility index (Phi) is 7.78. The van der Waals surface area contributed by atoms with Crippen LogP contribution < -0.4 is 10.0 Å². The zero-order valence-corrected chi connectivity index (χ0v) is 13.6. The third-order valence-electron chi connectivity index (χ3n) is 2.86. The maximum Gasteiger partial charge on any atom is 0.215 e. The minimum Gasteiger partial charge on any atom is -0.314 e. The molecule has 0 aromatic rings. The molecule has 1 rings (SSSR count). The van der Waals surface area contributed by atoms with Gasteiger partial charge in [0.15, 0.2) is 0 Å². The van der Waals surface area contributed by atoms with Gasteiger partial charge in [0.05, 0.1) is 11.5 Å². The van der Waals surface area contributed by atoms with E-state index >= 15 is 0 Å². The van der Waals surface area contributed by atoms with Gasteiger partial charge in [0.2, 0.25) is 20.0 Å². The summed E-state index contributed by atoms with van der Waals surface area (Å²) in [6, 6.07) is -0.0912. The van der Waals surface area contributed by atoms with Gasteiger partial charge in [0.25, 0.3) is 0 Å². The van der Waals surface area contributed by atoms with Crippen LogP contribution in [0.5, 0.6) is 0 Å². The van der Waals surface area contributed by atoms with Gasteiger partial charge in [-0.2, -0.15) is 4.31 Å². The highest BCUT2D eigenvalue weighted by atomic mass is 35.5. The van der Waals surface area contributed by atoms with E-state index in [0.717, 1.165) is 0 Å². The average Bonchev–Trinajstić information content (AvgIpc) is 2.29. The van der Waals surface area contributed by atoms with E-state index in [1.54, 1.807) is 0 Å². The van der Waals surface area contributed by atoms with Gasteiger partial charge in [-0.25, -0.2) is 21.6 Å². The molecule has 0 spiro atoms. The second-order valence-corrected chi connectivity index (χ2v) is 8.41. The number of rotatable bonds is 6. The average molecular weight is 336 g/mol. The van der Waals surface area contributed by atoms with E-state index in [9.17, 15) is 16.8 Å². The first-order valence-corrected chi connectivity index (χ1v) is 9.22. The normalized spacial score (nSPS) is 21.9. The van der Waals surface area contributed by atoms with Crippen molar-refractivity contribution >= 4 is 32.5 Å². The van der Waals surface area contributed by atoms with Crippen molar-refractivity contribution in [3.63, 3.8) is 0 Å². The van der Waals surface area contributed by atoms with Crippen LogP contribution in [0.4, 0.5) is 0 Å². The molecule has 1 aliphatic heterocycles. The maximum atomic E-state index is 12.0. The molecule has 1 fully saturated rings. The summed E-state index contributed by atoms with van der Waals surface area (Å²) >= 11 is 0. The van der Waals surface area contributed by atoms with E-state index in [-0.39, 0.29) is 36.5 Å². The molecule has 0 amide bonds. The second kappa shape index (κ2) is 7.75. The molecule has 1 heterocycles. The summed E-state index contributed by atoms with van der Waals surface area (Å²) in [7, 11) is -6.73. The predicted octanol–water partition coefficient (Wildman–Crippen LogP) is -1.03. The molecular weight excluding hydrogens is 314 g/mol. The number of halogens is 1. The van der Waals surface area contributed by atoms with Crippen LogP contribution >= 0.6 is 12.4 Å². The largest absolute Gasteiger partial charge is 0.314 e. The Morgan fingerprint density at radius 2 is 1.95 bits per heavy atom. The lowest BCUT2D eigenvalue weighted by molar-refractivity contribution is 0.284. The summed E-state index contributed by atoms with van der Waals surface area (Å²) in [5.41, 5.74) is 0. The van der Waals surface area contributed by atoms with Gasteiger partial charge in [-0.15, -0.1) is 12.4 Å². The van der Waals surface area contributed by atoms with E-state index in [4.69, 9.17) is 0 Å². The van der Waals surface area contributed by atoms with E-state index in [1.807, 2.05) is 6.92 Å². The Labute approximate surface area is 121 Å². The van der Waals surface area contributed by atoms with Crippen LogP contribution in [-0.4, -0.2) is 64.9 Å². The fourth-order valence-corrected chi connectivity index (χ4v) is 4.11. The Morgan fingerprint density at radius 3 is 2.47 bits per heavy atom. The van der Waals surface area contributed by atoms with Crippen molar-refractivity contribution < 1.29 is 16.8 Å². The lowest BCUT2D eigenvalue weighted by Gasteiger charge is -2.32. The molecule has 2 N–H and O–H groups in total. The standard InChI is InChI=1S/C9H21N3O4S2.ClH/c1-3-17(13,14)11-5-7-18(15,16)12-6-4-10-8-9(12)2;/h9-11H,3-8H2,1-2H3;1H. The quantitative estimate of drug-likeness (QED) is 0.647. The Balaban J connectivity index is 0.00000324. The van der Waals surface area contributed by atoms with Gasteiger partial charge in [-0.1, -0.05) is 0 Å². The molecule has 116 valence electrons. The molecule has 0 aromatic carbocycles.